The van der Waals surface area contributed by atoms with E-state index >= 15 is 0 Å². The fourth-order valence-corrected chi connectivity index (χ4v) is 2.57. The quantitative estimate of drug-likeness (QED) is 0.758. The van der Waals surface area contributed by atoms with Gasteiger partial charge in [0.25, 0.3) is 0 Å². The van der Waals surface area contributed by atoms with Gasteiger partial charge in [0.05, 0.1) is 18.2 Å². The number of carboxylic acids is 1. The second kappa shape index (κ2) is 6.88. The Morgan fingerprint density at radius 2 is 2.15 bits per heavy atom. The molecule has 1 aromatic rings. The zero-order chi connectivity index (χ0) is 14.4. The summed E-state index contributed by atoms with van der Waals surface area (Å²) in [6.07, 6.45) is 4.15. The summed E-state index contributed by atoms with van der Waals surface area (Å²) >= 11 is 0. The van der Waals surface area contributed by atoms with Gasteiger partial charge in [-0.1, -0.05) is 12.5 Å². The molecule has 1 aliphatic rings. The van der Waals surface area contributed by atoms with Crippen molar-refractivity contribution < 1.29 is 14.7 Å². The van der Waals surface area contributed by atoms with E-state index in [0.29, 0.717) is 19.5 Å². The highest BCUT2D eigenvalue weighted by Crippen LogP contribution is 2.31. The van der Waals surface area contributed by atoms with Crippen LogP contribution in [0.1, 0.15) is 25.0 Å². The Morgan fingerprint density at radius 3 is 2.85 bits per heavy atom. The predicted octanol–water partition coefficient (Wildman–Crippen LogP) is 1.38. The van der Waals surface area contributed by atoms with Crippen molar-refractivity contribution in [3.8, 4) is 0 Å². The van der Waals surface area contributed by atoms with Crippen molar-refractivity contribution in [3.05, 3.63) is 30.1 Å². The molecule has 2 rings (SSSR count). The van der Waals surface area contributed by atoms with Crippen LogP contribution in [0, 0.1) is 11.8 Å². The fourth-order valence-electron chi connectivity index (χ4n) is 2.57. The summed E-state index contributed by atoms with van der Waals surface area (Å²) in [5, 5.41) is 14.5. The summed E-state index contributed by atoms with van der Waals surface area (Å²) in [5.74, 6) is -1.05. The van der Waals surface area contributed by atoms with Gasteiger partial charge in [-0.25, -0.2) is 4.79 Å². The second-order valence-electron chi connectivity index (χ2n) is 5.02. The third-order valence-corrected chi connectivity index (χ3v) is 3.66. The number of nitrogens with zero attached hydrogens (tertiary/aromatic N) is 1. The summed E-state index contributed by atoms with van der Waals surface area (Å²) in [7, 11) is 0. The molecule has 2 unspecified atom stereocenters. The molecule has 3 N–H and O–H groups in total. The van der Waals surface area contributed by atoms with Gasteiger partial charge < -0.3 is 15.7 Å². The van der Waals surface area contributed by atoms with Crippen LogP contribution in [0.15, 0.2) is 24.4 Å². The van der Waals surface area contributed by atoms with Gasteiger partial charge in [-0.15, -0.1) is 0 Å². The van der Waals surface area contributed by atoms with Gasteiger partial charge in [0.2, 0.25) is 0 Å². The van der Waals surface area contributed by atoms with Crippen LogP contribution in [0.5, 0.6) is 0 Å². The number of hydrogen-bond acceptors (Lipinski definition) is 3. The number of aromatic nitrogens is 1. The fraction of sp³-hybridized carbons (Fsp3) is 0.500. The number of carboxylic acid groups (broad SMARTS) is 1. The zero-order valence-electron chi connectivity index (χ0n) is 11.2. The van der Waals surface area contributed by atoms with E-state index in [-0.39, 0.29) is 17.9 Å². The maximum atomic E-state index is 11.7. The van der Waals surface area contributed by atoms with E-state index < -0.39 is 5.97 Å². The first-order valence-corrected chi connectivity index (χ1v) is 6.81. The van der Waals surface area contributed by atoms with Crippen LogP contribution in [0.2, 0.25) is 0 Å². The Balaban J connectivity index is 1.71. The molecule has 0 aliphatic heterocycles. The first kappa shape index (κ1) is 14.3. The highest BCUT2D eigenvalue weighted by atomic mass is 16.4. The molecular weight excluding hydrogens is 258 g/mol. The molecule has 108 valence electrons. The van der Waals surface area contributed by atoms with E-state index in [9.17, 15) is 9.59 Å². The minimum atomic E-state index is -0.761. The highest BCUT2D eigenvalue weighted by molar-refractivity contribution is 5.74. The normalized spacial score (nSPS) is 21.4. The van der Waals surface area contributed by atoms with Crippen molar-refractivity contribution in [3.63, 3.8) is 0 Å². The third-order valence-electron chi connectivity index (χ3n) is 3.66. The lowest BCUT2D eigenvalue weighted by molar-refractivity contribution is -0.142. The number of pyridine rings is 1. The molecule has 20 heavy (non-hydrogen) atoms. The number of rotatable bonds is 5. The summed E-state index contributed by atoms with van der Waals surface area (Å²) in [6.45, 7) is 0.769. The van der Waals surface area contributed by atoms with Gasteiger partial charge in [0, 0.05) is 12.7 Å². The number of carbonyl (C=O) groups is 2. The van der Waals surface area contributed by atoms with Gasteiger partial charge in [0.15, 0.2) is 0 Å². The lowest BCUT2D eigenvalue weighted by Crippen LogP contribution is -2.39. The molecule has 6 heteroatoms. The predicted molar refractivity (Wildman–Crippen MR) is 72.9 cm³/mol. The largest absolute Gasteiger partial charge is 0.481 e. The lowest BCUT2D eigenvalue weighted by atomic mass is 9.96. The lowest BCUT2D eigenvalue weighted by Gasteiger charge is -2.16. The monoisotopic (exact) mass is 277 g/mol. The molecule has 1 aliphatic carbocycles. The van der Waals surface area contributed by atoms with Gasteiger partial charge >= 0.3 is 12.0 Å². The van der Waals surface area contributed by atoms with Crippen LogP contribution in [-0.4, -0.2) is 28.6 Å². The van der Waals surface area contributed by atoms with Crippen LogP contribution >= 0.6 is 0 Å². The van der Waals surface area contributed by atoms with E-state index in [1.54, 1.807) is 6.20 Å². The average molecular weight is 277 g/mol. The Morgan fingerprint density at radius 1 is 1.30 bits per heavy atom. The Labute approximate surface area is 117 Å². The molecule has 0 bridgehead atoms. The van der Waals surface area contributed by atoms with Crippen molar-refractivity contribution in [2.45, 2.75) is 25.8 Å². The topological polar surface area (TPSA) is 91.3 Å². The van der Waals surface area contributed by atoms with Crippen molar-refractivity contribution in [1.82, 2.24) is 15.6 Å². The van der Waals surface area contributed by atoms with Crippen LogP contribution in [0.25, 0.3) is 0 Å². The van der Waals surface area contributed by atoms with E-state index in [1.165, 1.54) is 0 Å². The van der Waals surface area contributed by atoms with Crippen LogP contribution in [0.4, 0.5) is 4.79 Å². The second-order valence-corrected chi connectivity index (χ2v) is 5.02. The Hall–Kier alpha value is -2.11. The third kappa shape index (κ3) is 3.94. The number of nitrogens with one attached hydrogen (secondary N) is 2. The molecule has 1 saturated carbocycles. The molecule has 2 amide bonds. The van der Waals surface area contributed by atoms with Crippen molar-refractivity contribution >= 4 is 12.0 Å². The number of carbonyl (C=O) groups excluding carboxylic acids is 1. The summed E-state index contributed by atoms with van der Waals surface area (Å²) in [4.78, 5) is 26.8. The van der Waals surface area contributed by atoms with Crippen LogP contribution in [-0.2, 0) is 11.3 Å². The number of amides is 2. The first-order valence-electron chi connectivity index (χ1n) is 6.81. The minimum absolute atomic E-state index is 0.0353. The molecule has 6 nitrogen and oxygen atoms in total. The Bertz CT molecular complexity index is 464. The van der Waals surface area contributed by atoms with E-state index in [4.69, 9.17) is 5.11 Å². The van der Waals surface area contributed by atoms with Crippen LogP contribution < -0.4 is 10.6 Å². The summed E-state index contributed by atoms with van der Waals surface area (Å²) in [6, 6.07) is 5.22. The highest BCUT2D eigenvalue weighted by Gasteiger charge is 2.32. The van der Waals surface area contributed by atoms with Gasteiger partial charge in [-0.3, -0.25) is 9.78 Å². The molecule has 0 spiro atoms. The van der Waals surface area contributed by atoms with Gasteiger partial charge in [-0.05, 0) is 30.9 Å². The number of urea groups is 1. The molecule has 1 aromatic heterocycles. The zero-order valence-corrected chi connectivity index (χ0v) is 11.2. The number of aliphatic carboxylic acids is 1. The molecule has 2 atom stereocenters. The molecule has 0 radical (unpaired) electrons. The summed E-state index contributed by atoms with van der Waals surface area (Å²) < 4.78 is 0. The number of hydrogen-bond donors (Lipinski definition) is 3. The molecular formula is C14H19N3O3. The SMILES string of the molecule is O=C(NCc1ccccn1)NCC1CCCC1C(=O)O. The molecule has 0 saturated heterocycles. The maximum absolute atomic E-state index is 11.7. The van der Waals surface area contributed by atoms with Crippen molar-refractivity contribution in [2.24, 2.45) is 11.8 Å². The van der Waals surface area contributed by atoms with E-state index in [2.05, 4.69) is 15.6 Å². The molecule has 1 heterocycles. The van der Waals surface area contributed by atoms with Crippen molar-refractivity contribution in [1.29, 1.82) is 0 Å². The smallest absolute Gasteiger partial charge is 0.315 e. The molecule has 1 fully saturated rings. The maximum Gasteiger partial charge on any atom is 0.315 e. The van der Waals surface area contributed by atoms with Crippen LogP contribution in [0.3, 0.4) is 0 Å². The van der Waals surface area contributed by atoms with E-state index in [1.807, 2.05) is 18.2 Å². The standard InChI is InChI=1S/C14H19N3O3/c18-13(19)12-6-3-4-10(12)8-16-14(20)17-9-11-5-1-2-7-15-11/h1-2,5,7,10,12H,3-4,6,8-9H2,(H,18,19)(H2,16,17,20). The van der Waals surface area contributed by atoms with Gasteiger partial charge in [0.1, 0.15) is 0 Å². The van der Waals surface area contributed by atoms with E-state index in [0.717, 1.165) is 18.5 Å². The Kier molecular flexibility index (Phi) is 4.92. The minimum Gasteiger partial charge on any atom is -0.481 e. The first-order chi connectivity index (χ1) is 9.66. The summed E-state index contributed by atoms with van der Waals surface area (Å²) in [5.41, 5.74) is 0.784. The van der Waals surface area contributed by atoms with Crippen molar-refractivity contribution in [2.75, 3.05) is 6.54 Å². The van der Waals surface area contributed by atoms with Gasteiger partial charge in [-0.2, -0.15) is 0 Å². The molecule has 0 aromatic carbocycles. The average Bonchev–Trinajstić information content (AvgIpc) is 2.92.